The van der Waals surface area contributed by atoms with Gasteiger partial charge in [0.05, 0.1) is 11.3 Å². The van der Waals surface area contributed by atoms with E-state index in [1.54, 1.807) is 36.4 Å². The summed E-state index contributed by atoms with van der Waals surface area (Å²) in [5, 5.41) is 11.7. The van der Waals surface area contributed by atoms with Crippen LogP contribution < -0.4 is 10.2 Å². The Morgan fingerprint density at radius 1 is 1.13 bits per heavy atom. The molecule has 23 heavy (non-hydrogen) atoms. The van der Waals surface area contributed by atoms with Gasteiger partial charge in [-0.3, -0.25) is 9.59 Å². The number of benzene rings is 2. The number of nitrogens with one attached hydrogen (secondary N) is 1. The van der Waals surface area contributed by atoms with Crippen molar-refractivity contribution in [2.45, 2.75) is 13.8 Å². The minimum absolute atomic E-state index is 0.113. The van der Waals surface area contributed by atoms with E-state index >= 15 is 0 Å². The van der Waals surface area contributed by atoms with Crippen molar-refractivity contribution in [2.75, 3.05) is 16.8 Å². The maximum absolute atomic E-state index is 12.2. The number of aryl methyl sites for hydroxylation is 1. The molecule has 0 aliphatic heterocycles. The number of anilines is 2. The SMILES string of the molecule is CC(=O)N(CC(=O)Nc1ccccc1C#N)c1ccc(C)cc1. The molecule has 0 saturated carbocycles. The molecule has 2 amide bonds. The fourth-order valence-electron chi connectivity index (χ4n) is 2.13. The number of amides is 2. The number of carbonyl (C=O) groups excluding carboxylic acids is 2. The largest absolute Gasteiger partial charge is 0.323 e. The second-order valence-corrected chi connectivity index (χ2v) is 5.15. The van der Waals surface area contributed by atoms with Crippen LogP contribution in [0.2, 0.25) is 0 Å². The summed E-state index contributed by atoms with van der Waals surface area (Å²) in [4.78, 5) is 25.4. The van der Waals surface area contributed by atoms with Crippen molar-refractivity contribution >= 4 is 23.2 Å². The molecule has 2 aromatic carbocycles. The highest BCUT2D eigenvalue weighted by Crippen LogP contribution is 2.17. The maximum Gasteiger partial charge on any atom is 0.244 e. The molecule has 5 nitrogen and oxygen atoms in total. The summed E-state index contributed by atoms with van der Waals surface area (Å²) in [6.07, 6.45) is 0. The highest BCUT2D eigenvalue weighted by Gasteiger charge is 2.16. The highest BCUT2D eigenvalue weighted by atomic mass is 16.2. The van der Waals surface area contributed by atoms with E-state index in [1.807, 2.05) is 25.1 Å². The van der Waals surface area contributed by atoms with Crippen LogP contribution in [0.1, 0.15) is 18.1 Å². The first-order chi connectivity index (χ1) is 11.0. The molecule has 1 N–H and O–H groups in total. The van der Waals surface area contributed by atoms with Crippen molar-refractivity contribution in [3.8, 4) is 6.07 Å². The van der Waals surface area contributed by atoms with Gasteiger partial charge in [-0.2, -0.15) is 5.26 Å². The lowest BCUT2D eigenvalue weighted by Gasteiger charge is -2.21. The molecule has 0 bridgehead atoms. The van der Waals surface area contributed by atoms with E-state index in [2.05, 4.69) is 5.32 Å². The lowest BCUT2D eigenvalue weighted by Crippen LogP contribution is -2.36. The van der Waals surface area contributed by atoms with Gasteiger partial charge in [0.15, 0.2) is 0 Å². The average Bonchev–Trinajstić information content (AvgIpc) is 2.54. The Morgan fingerprint density at radius 2 is 1.78 bits per heavy atom. The molecular formula is C18H17N3O2. The molecule has 0 atom stereocenters. The van der Waals surface area contributed by atoms with Gasteiger partial charge < -0.3 is 10.2 Å². The van der Waals surface area contributed by atoms with Gasteiger partial charge in [0, 0.05) is 12.6 Å². The van der Waals surface area contributed by atoms with Gasteiger partial charge in [-0.15, -0.1) is 0 Å². The van der Waals surface area contributed by atoms with E-state index in [1.165, 1.54) is 11.8 Å². The highest BCUT2D eigenvalue weighted by molar-refractivity contribution is 6.02. The third-order valence-corrected chi connectivity index (χ3v) is 3.35. The van der Waals surface area contributed by atoms with Crippen molar-refractivity contribution in [3.05, 3.63) is 59.7 Å². The summed E-state index contributed by atoms with van der Waals surface area (Å²) in [6, 6.07) is 16.1. The summed E-state index contributed by atoms with van der Waals surface area (Å²) in [7, 11) is 0. The minimum atomic E-state index is -0.358. The quantitative estimate of drug-likeness (QED) is 0.944. The van der Waals surface area contributed by atoms with E-state index in [-0.39, 0.29) is 18.4 Å². The lowest BCUT2D eigenvalue weighted by molar-refractivity contribution is -0.120. The van der Waals surface area contributed by atoms with E-state index in [0.29, 0.717) is 16.9 Å². The standard InChI is InChI=1S/C18H17N3O2/c1-13-7-9-16(10-8-13)21(14(2)22)12-18(23)20-17-6-4-3-5-15(17)11-19/h3-10H,12H2,1-2H3,(H,20,23). The van der Waals surface area contributed by atoms with Crippen LogP contribution >= 0.6 is 0 Å². The molecule has 0 spiro atoms. The zero-order valence-corrected chi connectivity index (χ0v) is 13.0. The monoisotopic (exact) mass is 307 g/mol. The topological polar surface area (TPSA) is 73.2 Å². The van der Waals surface area contributed by atoms with Crippen LogP contribution in [-0.4, -0.2) is 18.4 Å². The smallest absolute Gasteiger partial charge is 0.244 e. The molecule has 0 radical (unpaired) electrons. The zero-order valence-electron chi connectivity index (χ0n) is 13.0. The Hall–Kier alpha value is -3.13. The first kappa shape index (κ1) is 16.2. The molecule has 0 aliphatic rings. The predicted molar refractivity (Wildman–Crippen MR) is 89.0 cm³/mol. The van der Waals surface area contributed by atoms with Gasteiger partial charge in [0.1, 0.15) is 12.6 Å². The van der Waals surface area contributed by atoms with Gasteiger partial charge in [0.25, 0.3) is 0 Å². The first-order valence-electron chi connectivity index (χ1n) is 7.15. The molecule has 0 aromatic heterocycles. The van der Waals surface area contributed by atoms with Gasteiger partial charge >= 0.3 is 0 Å². The number of nitrogens with zero attached hydrogens (tertiary/aromatic N) is 2. The zero-order chi connectivity index (χ0) is 16.8. The molecule has 2 aromatic rings. The van der Waals surface area contributed by atoms with Crippen LogP contribution in [0, 0.1) is 18.3 Å². The van der Waals surface area contributed by atoms with Crippen LogP contribution in [0.25, 0.3) is 0 Å². The molecule has 0 heterocycles. The Labute approximate surface area is 135 Å². The predicted octanol–water partition coefficient (Wildman–Crippen LogP) is 2.86. The molecule has 5 heteroatoms. The summed E-state index contributed by atoms with van der Waals surface area (Å²) >= 11 is 0. The van der Waals surface area contributed by atoms with Gasteiger partial charge in [-0.1, -0.05) is 29.8 Å². The Kier molecular flexibility index (Phi) is 5.11. The van der Waals surface area contributed by atoms with Crippen LogP contribution in [0.3, 0.4) is 0 Å². The fraction of sp³-hybridized carbons (Fsp3) is 0.167. The van der Waals surface area contributed by atoms with E-state index in [0.717, 1.165) is 5.56 Å². The fourth-order valence-corrected chi connectivity index (χ4v) is 2.13. The van der Waals surface area contributed by atoms with Gasteiger partial charge in [-0.05, 0) is 31.2 Å². The minimum Gasteiger partial charge on any atom is -0.323 e. The number of para-hydroxylation sites is 1. The Morgan fingerprint density at radius 3 is 2.39 bits per heavy atom. The Balaban J connectivity index is 2.14. The number of rotatable bonds is 4. The van der Waals surface area contributed by atoms with E-state index in [4.69, 9.17) is 5.26 Å². The third-order valence-electron chi connectivity index (χ3n) is 3.35. The summed E-state index contributed by atoms with van der Waals surface area (Å²) in [5.74, 6) is -0.582. The second-order valence-electron chi connectivity index (χ2n) is 5.15. The van der Waals surface area contributed by atoms with Crippen molar-refractivity contribution in [3.63, 3.8) is 0 Å². The molecule has 0 aliphatic carbocycles. The van der Waals surface area contributed by atoms with Crippen molar-refractivity contribution in [2.24, 2.45) is 0 Å². The molecular weight excluding hydrogens is 290 g/mol. The van der Waals surface area contributed by atoms with Crippen LogP contribution in [0.4, 0.5) is 11.4 Å². The number of hydrogen-bond donors (Lipinski definition) is 1. The summed E-state index contributed by atoms with van der Waals surface area (Å²) in [5.41, 5.74) is 2.55. The molecule has 0 fully saturated rings. The number of carbonyl (C=O) groups is 2. The average molecular weight is 307 g/mol. The lowest BCUT2D eigenvalue weighted by atomic mass is 10.2. The first-order valence-corrected chi connectivity index (χ1v) is 7.15. The number of nitriles is 1. The molecule has 0 unspecified atom stereocenters. The Bertz CT molecular complexity index is 761. The van der Waals surface area contributed by atoms with Crippen molar-refractivity contribution in [1.82, 2.24) is 0 Å². The third kappa shape index (κ3) is 4.17. The van der Waals surface area contributed by atoms with Gasteiger partial charge in [0.2, 0.25) is 11.8 Å². The van der Waals surface area contributed by atoms with E-state index in [9.17, 15) is 9.59 Å². The van der Waals surface area contributed by atoms with Crippen molar-refractivity contribution in [1.29, 1.82) is 5.26 Å². The molecule has 0 saturated heterocycles. The van der Waals surface area contributed by atoms with E-state index < -0.39 is 0 Å². The summed E-state index contributed by atoms with van der Waals surface area (Å²) in [6.45, 7) is 3.25. The molecule has 2 rings (SSSR count). The van der Waals surface area contributed by atoms with Crippen LogP contribution in [-0.2, 0) is 9.59 Å². The molecule has 116 valence electrons. The van der Waals surface area contributed by atoms with Gasteiger partial charge in [-0.25, -0.2) is 0 Å². The van der Waals surface area contributed by atoms with Crippen molar-refractivity contribution < 1.29 is 9.59 Å². The summed E-state index contributed by atoms with van der Waals surface area (Å²) < 4.78 is 0. The second kappa shape index (κ2) is 7.23. The normalized spacial score (nSPS) is 9.78. The maximum atomic E-state index is 12.2. The van der Waals surface area contributed by atoms with Crippen LogP contribution in [0.15, 0.2) is 48.5 Å². The number of hydrogen-bond acceptors (Lipinski definition) is 3. The van der Waals surface area contributed by atoms with Crippen LogP contribution in [0.5, 0.6) is 0 Å².